The standard InChI is InChI=1S/C13H21ClFN3/c1-13(2,18(3)4)11(17-16)8-9-6-5-7-10(14)12(9)15/h5-7,11,17H,8,16H2,1-4H3. The predicted molar refractivity (Wildman–Crippen MR) is 74.0 cm³/mol. The lowest BCUT2D eigenvalue weighted by Gasteiger charge is -2.40. The lowest BCUT2D eigenvalue weighted by atomic mass is 9.88. The third-order valence-corrected chi connectivity index (χ3v) is 3.95. The van der Waals surface area contributed by atoms with Gasteiger partial charge in [0, 0.05) is 11.6 Å². The molecule has 0 saturated heterocycles. The monoisotopic (exact) mass is 273 g/mol. The van der Waals surface area contributed by atoms with E-state index in [1.807, 2.05) is 14.1 Å². The highest BCUT2D eigenvalue weighted by atomic mass is 35.5. The molecule has 0 aromatic heterocycles. The molecule has 1 aromatic carbocycles. The van der Waals surface area contributed by atoms with E-state index in [0.29, 0.717) is 12.0 Å². The predicted octanol–water partition coefficient (Wildman–Crippen LogP) is 2.19. The topological polar surface area (TPSA) is 41.3 Å². The van der Waals surface area contributed by atoms with E-state index in [-0.39, 0.29) is 22.4 Å². The van der Waals surface area contributed by atoms with E-state index >= 15 is 0 Å². The van der Waals surface area contributed by atoms with E-state index in [2.05, 4.69) is 24.2 Å². The summed E-state index contributed by atoms with van der Waals surface area (Å²) in [5.41, 5.74) is 3.13. The van der Waals surface area contributed by atoms with E-state index in [1.165, 1.54) is 0 Å². The van der Waals surface area contributed by atoms with E-state index in [9.17, 15) is 4.39 Å². The quantitative estimate of drug-likeness (QED) is 0.638. The first-order valence-corrected chi connectivity index (χ1v) is 6.25. The van der Waals surface area contributed by atoms with Crippen LogP contribution in [0.5, 0.6) is 0 Å². The fourth-order valence-corrected chi connectivity index (χ4v) is 1.94. The van der Waals surface area contributed by atoms with Gasteiger partial charge in [0.25, 0.3) is 0 Å². The number of benzene rings is 1. The smallest absolute Gasteiger partial charge is 0.145 e. The number of hydrogen-bond donors (Lipinski definition) is 2. The second-order valence-corrected chi connectivity index (χ2v) is 5.59. The Morgan fingerprint density at radius 2 is 2.06 bits per heavy atom. The van der Waals surface area contributed by atoms with Crippen LogP contribution in [0.1, 0.15) is 19.4 Å². The molecule has 0 fully saturated rings. The molecular weight excluding hydrogens is 253 g/mol. The zero-order chi connectivity index (χ0) is 13.9. The number of rotatable bonds is 5. The van der Waals surface area contributed by atoms with Gasteiger partial charge in [-0.1, -0.05) is 23.7 Å². The second-order valence-electron chi connectivity index (χ2n) is 5.18. The largest absolute Gasteiger partial charge is 0.303 e. The number of nitrogens with zero attached hydrogens (tertiary/aromatic N) is 1. The molecule has 102 valence electrons. The molecule has 1 rings (SSSR count). The van der Waals surface area contributed by atoms with Crippen LogP contribution in [0.15, 0.2) is 18.2 Å². The maximum absolute atomic E-state index is 13.9. The third-order valence-electron chi connectivity index (χ3n) is 3.66. The summed E-state index contributed by atoms with van der Waals surface area (Å²) in [6.07, 6.45) is 0.480. The average molecular weight is 274 g/mol. The first-order chi connectivity index (χ1) is 8.30. The third kappa shape index (κ3) is 3.20. The van der Waals surface area contributed by atoms with Gasteiger partial charge in [-0.05, 0) is 46.0 Å². The number of likely N-dealkylation sites (N-methyl/N-ethyl adjacent to an activating group) is 1. The van der Waals surface area contributed by atoms with E-state index in [0.717, 1.165) is 0 Å². The van der Waals surface area contributed by atoms with Crippen LogP contribution in [0, 0.1) is 5.82 Å². The Morgan fingerprint density at radius 1 is 1.44 bits per heavy atom. The Kier molecular flexibility index (Phi) is 5.10. The first kappa shape index (κ1) is 15.4. The minimum atomic E-state index is -0.367. The summed E-state index contributed by atoms with van der Waals surface area (Å²) in [6, 6.07) is 4.94. The van der Waals surface area contributed by atoms with Gasteiger partial charge in [-0.2, -0.15) is 0 Å². The minimum Gasteiger partial charge on any atom is -0.303 e. The van der Waals surface area contributed by atoms with E-state index in [4.69, 9.17) is 17.4 Å². The molecule has 5 heteroatoms. The van der Waals surface area contributed by atoms with Gasteiger partial charge in [0.2, 0.25) is 0 Å². The normalized spacial score (nSPS) is 14.0. The number of hydrogen-bond acceptors (Lipinski definition) is 3. The van der Waals surface area contributed by atoms with Crippen molar-refractivity contribution in [1.29, 1.82) is 0 Å². The second kappa shape index (κ2) is 5.97. The van der Waals surface area contributed by atoms with Gasteiger partial charge in [-0.3, -0.25) is 11.3 Å². The van der Waals surface area contributed by atoms with Gasteiger partial charge in [-0.25, -0.2) is 4.39 Å². The molecule has 3 nitrogen and oxygen atoms in total. The van der Waals surface area contributed by atoms with Gasteiger partial charge < -0.3 is 4.90 Å². The Hall–Kier alpha value is -0.680. The molecule has 0 bridgehead atoms. The molecule has 1 unspecified atom stereocenters. The van der Waals surface area contributed by atoms with Crippen molar-refractivity contribution in [3.63, 3.8) is 0 Å². The highest BCUT2D eigenvalue weighted by Crippen LogP contribution is 2.23. The van der Waals surface area contributed by atoms with Gasteiger partial charge in [0.1, 0.15) is 5.82 Å². The van der Waals surface area contributed by atoms with Crippen LogP contribution in [-0.2, 0) is 6.42 Å². The fraction of sp³-hybridized carbons (Fsp3) is 0.538. The van der Waals surface area contributed by atoms with Crippen molar-refractivity contribution in [2.75, 3.05) is 14.1 Å². The Bertz CT molecular complexity index is 407. The van der Waals surface area contributed by atoms with Crippen LogP contribution in [0.2, 0.25) is 5.02 Å². The summed E-state index contributed by atoms with van der Waals surface area (Å²) in [5.74, 6) is 5.23. The summed E-state index contributed by atoms with van der Waals surface area (Å²) in [7, 11) is 3.94. The molecule has 0 aliphatic carbocycles. The summed E-state index contributed by atoms with van der Waals surface area (Å²) in [5, 5.41) is 0.144. The van der Waals surface area contributed by atoms with Crippen molar-refractivity contribution in [2.45, 2.75) is 31.8 Å². The Balaban J connectivity index is 2.97. The maximum Gasteiger partial charge on any atom is 0.145 e. The molecule has 0 aliphatic heterocycles. The molecule has 0 heterocycles. The molecule has 0 spiro atoms. The van der Waals surface area contributed by atoms with Crippen LogP contribution in [0.3, 0.4) is 0 Å². The Labute approximate surface area is 113 Å². The molecule has 0 amide bonds. The highest BCUT2D eigenvalue weighted by Gasteiger charge is 2.31. The lowest BCUT2D eigenvalue weighted by molar-refractivity contribution is 0.137. The number of nitrogens with one attached hydrogen (secondary N) is 1. The van der Waals surface area contributed by atoms with Crippen molar-refractivity contribution in [3.05, 3.63) is 34.6 Å². The SMILES string of the molecule is CN(C)C(C)(C)C(Cc1cccc(Cl)c1F)NN. The van der Waals surface area contributed by atoms with Crippen molar-refractivity contribution in [1.82, 2.24) is 10.3 Å². The fourth-order valence-electron chi connectivity index (χ4n) is 1.75. The zero-order valence-corrected chi connectivity index (χ0v) is 12.1. The lowest BCUT2D eigenvalue weighted by Crippen LogP contribution is -2.58. The zero-order valence-electron chi connectivity index (χ0n) is 11.3. The molecule has 0 saturated carbocycles. The van der Waals surface area contributed by atoms with Crippen LogP contribution in [0.25, 0.3) is 0 Å². The Morgan fingerprint density at radius 3 is 2.56 bits per heavy atom. The minimum absolute atomic E-state index is 0.0829. The molecule has 1 aromatic rings. The van der Waals surface area contributed by atoms with Crippen molar-refractivity contribution < 1.29 is 4.39 Å². The van der Waals surface area contributed by atoms with Gasteiger partial charge >= 0.3 is 0 Å². The molecule has 0 radical (unpaired) electrons. The van der Waals surface area contributed by atoms with Crippen LogP contribution in [-0.4, -0.2) is 30.6 Å². The molecule has 3 N–H and O–H groups in total. The number of hydrazine groups is 1. The molecule has 1 atom stereocenters. The summed E-state index contributed by atoms with van der Waals surface area (Å²) in [4.78, 5) is 2.06. The highest BCUT2D eigenvalue weighted by molar-refractivity contribution is 6.30. The summed E-state index contributed by atoms with van der Waals surface area (Å²) in [6.45, 7) is 4.11. The molecule has 0 aliphatic rings. The summed E-state index contributed by atoms with van der Waals surface area (Å²) >= 11 is 5.78. The average Bonchev–Trinajstić information content (AvgIpc) is 2.30. The van der Waals surface area contributed by atoms with Crippen LogP contribution < -0.4 is 11.3 Å². The van der Waals surface area contributed by atoms with Gasteiger partial charge in [0.15, 0.2) is 0 Å². The van der Waals surface area contributed by atoms with Crippen molar-refractivity contribution in [2.24, 2.45) is 5.84 Å². The molecule has 18 heavy (non-hydrogen) atoms. The van der Waals surface area contributed by atoms with Gasteiger partial charge in [-0.15, -0.1) is 0 Å². The molecular formula is C13H21ClFN3. The van der Waals surface area contributed by atoms with Crippen molar-refractivity contribution in [3.8, 4) is 0 Å². The number of halogens is 2. The van der Waals surface area contributed by atoms with E-state index in [1.54, 1.807) is 18.2 Å². The van der Waals surface area contributed by atoms with Crippen LogP contribution in [0.4, 0.5) is 4.39 Å². The van der Waals surface area contributed by atoms with Crippen molar-refractivity contribution >= 4 is 11.6 Å². The maximum atomic E-state index is 13.9. The number of nitrogens with two attached hydrogens (primary N) is 1. The van der Waals surface area contributed by atoms with E-state index < -0.39 is 0 Å². The summed E-state index contributed by atoms with van der Waals surface area (Å²) < 4.78 is 13.9. The van der Waals surface area contributed by atoms with Crippen LogP contribution >= 0.6 is 11.6 Å². The van der Waals surface area contributed by atoms with Gasteiger partial charge in [0.05, 0.1) is 5.02 Å². The first-order valence-electron chi connectivity index (χ1n) is 5.87.